The molecule has 2 heterocycles. The number of urea groups is 1. The van der Waals surface area contributed by atoms with Crippen molar-refractivity contribution in [2.75, 3.05) is 37.4 Å². The van der Waals surface area contributed by atoms with Gasteiger partial charge in [0.15, 0.2) is 0 Å². The summed E-state index contributed by atoms with van der Waals surface area (Å²) < 4.78 is 6.45. The molecule has 0 saturated heterocycles. The summed E-state index contributed by atoms with van der Waals surface area (Å²) in [7, 11) is 2.04. The van der Waals surface area contributed by atoms with Crippen molar-refractivity contribution >= 4 is 23.3 Å². The molecular formula is C29H35N5O4. The number of pyridine rings is 1. The molecule has 1 aliphatic heterocycles. The van der Waals surface area contributed by atoms with Gasteiger partial charge in [-0.05, 0) is 62.0 Å². The van der Waals surface area contributed by atoms with Crippen LogP contribution in [0.5, 0.6) is 5.75 Å². The van der Waals surface area contributed by atoms with E-state index in [4.69, 9.17) is 4.74 Å². The number of nitrogens with zero attached hydrogens (tertiary/aromatic N) is 3. The summed E-state index contributed by atoms with van der Waals surface area (Å²) in [4.78, 5) is 34.1. The summed E-state index contributed by atoms with van der Waals surface area (Å²) in [6.07, 6.45) is 3.35. The normalized spacial score (nSPS) is 18.1. The number of rotatable bonds is 8. The van der Waals surface area contributed by atoms with Gasteiger partial charge in [0.25, 0.3) is 5.91 Å². The highest BCUT2D eigenvalue weighted by atomic mass is 16.5. The third-order valence-electron chi connectivity index (χ3n) is 6.65. The van der Waals surface area contributed by atoms with Gasteiger partial charge in [0.05, 0.1) is 18.2 Å². The van der Waals surface area contributed by atoms with Gasteiger partial charge in [-0.2, -0.15) is 0 Å². The van der Waals surface area contributed by atoms with Crippen molar-refractivity contribution in [1.82, 2.24) is 14.8 Å². The number of carbonyl (C=O) groups excluding carboxylic acids is 2. The van der Waals surface area contributed by atoms with Crippen molar-refractivity contribution in [2.45, 2.75) is 32.5 Å². The second kappa shape index (κ2) is 12.5. The zero-order valence-electron chi connectivity index (χ0n) is 22.0. The molecule has 0 spiro atoms. The van der Waals surface area contributed by atoms with E-state index in [1.54, 1.807) is 47.6 Å². The van der Waals surface area contributed by atoms with Crippen LogP contribution in [0.1, 0.15) is 29.8 Å². The van der Waals surface area contributed by atoms with Gasteiger partial charge in [0.1, 0.15) is 11.9 Å². The summed E-state index contributed by atoms with van der Waals surface area (Å²) in [6, 6.07) is 17.4. The molecule has 2 aromatic carbocycles. The molecule has 0 aliphatic carbocycles. The lowest BCUT2D eigenvalue weighted by Gasteiger charge is -2.38. The number of amides is 3. The second-order valence-corrected chi connectivity index (χ2v) is 9.83. The van der Waals surface area contributed by atoms with Gasteiger partial charge in [-0.1, -0.05) is 25.1 Å². The topological polar surface area (TPSA) is 107 Å². The van der Waals surface area contributed by atoms with Crippen LogP contribution in [-0.2, 0) is 6.54 Å². The quantitative estimate of drug-likeness (QED) is 0.416. The first-order valence-electron chi connectivity index (χ1n) is 12.8. The minimum absolute atomic E-state index is 0.00967. The van der Waals surface area contributed by atoms with E-state index in [1.807, 2.05) is 44.3 Å². The lowest BCUT2D eigenvalue weighted by molar-refractivity contribution is 0.0341. The average molecular weight is 518 g/mol. The van der Waals surface area contributed by atoms with E-state index in [9.17, 15) is 14.7 Å². The Morgan fingerprint density at radius 1 is 1.13 bits per heavy atom. The van der Waals surface area contributed by atoms with Gasteiger partial charge < -0.3 is 25.4 Å². The molecule has 1 aliphatic rings. The second-order valence-electron chi connectivity index (χ2n) is 9.83. The molecule has 0 unspecified atom stereocenters. The Morgan fingerprint density at radius 3 is 2.55 bits per heavy atom. The molecule has 3 N–H and O–H groups in total. The number of nitrogens with one attached hydrogen (secondary N) is 2. The number of aliphatic hydroxyl groups excluding tert-OH is 1. The smallest absolute Gasteiger partial charge is 0.323 e. The van der Waals surface area contributed by atoms with Crippen LogP contribution >= 0.6 is 0 Å². The van der Waals surface area contributed by atoms with Crippen LogP contribution in [0.2, 0.25) is 0 Å². The summed E-state index contributed by atoms with van der Waals surface area (Å²) in [6.45, 7) is 5.53. The number of aliphatic hydroxyl groups is 1. The number of fused-ring (bicyclic) bond motifs is 1. The number of hydrogen-bond donors (Lipinski definition) is 3. The Kier molecular flexibility index (Phi) is 8.93. The molecule has 3 atom stereocenters. The minimum Gasteiger partial charge on any atom is -0.488 e. The highest BCUT2D eigenvalue weighted by Gasteiger charge is 2.33. The van der Waals surface area contributed by atoms with Crippen LogP contribution < -0.4 is 15.4 Å². The first-order valence-corrected chi connectivity index (χ1v) is 12.8. The molecular weight excluding hydrogens is 482 g/mol. The number of ether oxygens (including phenoxy) is 1. The summed E-state index contributed by atoms with van der Waals surface area (Å²) in [5.74, 6) is 0.215. The highest BCUT2D eigenvalue weighted by Crippen LogP contribution is 2.31. The third-order valence-corrected chi connectivity index (χ3v) is 6.65. The Balaban J connectivity index is 1.56. The molecule has 38 heavy (non-hydrogen) atoms. The van der Waals surface area contributed by atoms with Gasteiger partial charge in [0.2, 0.25) is 0 Å². The molecule has 3 amide bonds. The highest BCUT2D eigenvalue weighted by molar-refractivity contribution is 6.02. The van der Waals surface area contributed by atoms with E-state index in [2.05, 4.69) is 27.4 Å². The van der Waals surface area contributed by atoms with E-state index < -0.39 is 6.03 Å². The van der Waals surface area contributed by atoms with E-state index in [0.717, 1.165) is 12.1 Å². The van der Waals surface area contributed by atoms with Gasteiger partial charge in [-0.15, -0.1) is 0 Å². The molecule has 4 rings (SSSR count). The zero-order chi connectivity index (χ0) is 27.1. The molecule has 0 bridgehead atoms. The van der Waals surface area contributed by atoms with Crippen LogP contribution in [0.4, 0.5) is 16.2 Å². The van der Waals surface area contributed by atoms with Crippen molar-refractivity contribution in [3.8, 4) is 5.75 Å². The number of carbonyl (C=O) groups is 2. The largest absolute Gasteiger partial charge is 0.488 e. The molecule has 0 saturated carbocycles. The Morgan fingerprint density at radius 2 is 1.84 bits per heavy atom. The van der Waals surface area contributed by atoms with E-state index >= 15 is 0 Å². The molecule has 0 fully saturated rings. The fourth-order valence-electron chi connectivity index (χ4n) is 4.50. The number of aromatic nitrogens is 1. The van der Waals surface area contributed by atoms with Crippen molar-refractivity contribution in [3.63, 3.8) is 0 Å². The van der Waals surface area contributed by atoms with Crippen molar-refractivity contribution in [2.24, 2.45) is 5.92 Å². The predicted molar refractivity (Wildman–Crippen MR) is 147 cm³/mol. The maximum Gasteiger partial charge on any atom is 0.323 e. The van der Waals surface area contributed by atoms with Gasteiger partial charge in [-0.3, -0.25) is 14.7 Å². The van der Waals surface area contributed by atoms with Crippen LogP contribution in [-0.4, -0.2) is 70.7 Å². The minimum atomic E-state index is -0.417. The maximum absolute atomic E-state index is 13.6. The average Bonchev–Trinajstić information content (AvgIpc) is 2.91. The fraction of sp³-hybridized carbons (Fsp3) is 0.345. The maximum atomic E-state index is 13.6. The summed E-state index contributed by atoms with van der Waals surface area (Å²) in [5.41, 5.74) is 2.62. The molecule has 1 aromatic heterocycles. The molecule has 9 heteroatoms. The SMILES string of the molecule is C[C@@H]1CN([C@H](C)CO)C(=O)c2cc(NC(=O)Nc3ccccc3)ccc2O[C@@H]1CN(C)Cc1ccncc1. The third kappa shape index (κ3) is 6.87. The Bertz CT molecular complexity index is 1220. The van der Waals surface area contributed by atoms with Crippen LogP contribution in [0.15, 0.2) is 73.1 Å². The first-order chi connectivity index (χ1) is 18.3. The van der Waals surface area contributed by atoms with Crippen LogP contribution in [0, 0.1) is 5.92 Å². The Labute approximate surface area is 223 Å². The van der Waals surface area contributed by atoms with Gasteiger partial charge >= 0.3 is 6.03 Å². The number of anilines is 2. The van der Waals surface area contributed by atoms with Crippen LogP contribution in [0.3, 0.4) is 0 Å². The van der Waals surface area contributed by atoms with E-state index in [0.29, 0.717) is 35.8 Å². The van der Waals surface area contributed by atoms with Gasteiger partial charge in [0, 0.05) is 49.3 Å². The fourth-order valence-corrected chi connectivity index (χ4v) is 4.50. The summed E-state index contributed by atoms with van der Waals surface area (Å²) in [5, 5.41) is 15.5. The predicted octanol–water partition coefficient (Wildman–Crippen LogP) is 4.08. The van der Waals surface area contributed by atoms with E-state index in [-0.39, 0.29) is 30.6 Å². The molecule has 200 valence electrons. The van der Waals surface area contributed by atoms with Crippen molar-refractivity contribution in [3.05, 3.63) is 84.2 Å². The summed E-state index contributed by atoms with van der Waals surface area (Å²) >= 11 is 0. The van der Waals surface area contributed by atoms with Crippen molar-refractivity contribution in [1.29, 1.82) is 0 Å². The van der Waals surface area contributed by atoms with Crippen molar-refractivity contribution < 1.29 is 19.4 Å². The van der Waals surface area contributed by atoms with Gasteiger partial charge in [-0.25, -0.2) is 4.79 Å². The Hall–Kier alpha value is -3.95. The zero-order valence-corrected chi connectivity index (χ0v) is 22.0. The number of benzene rings is 2. The molecule has 0 radical (unpaired) electrons. The van der Waals surface area contributed by atoms with Crippen LogP contribution in [0.25, 0.3) is 0 Å². The lowest BCUT2D eigenvalue weighted by Crippen LogP contribution is -2.49. The molecule has 3 aromatic rings. The first kappa shape index (κ1) is 27.1. The standard InChI is InChI=1S/C29H35N5O4/c1-20-16-34(21(2)19-35)28(36)25-15-24(32-29(37)31-23-7-5-4-6-8-23)9-10-26(25)38-27(20)18-33(3)17-22-11-13-30-14-12-22/h4-15,20-21,27,35H,16-19H2,1-3H3,(H2,31,32,37)/t20-,21-,27-/m1/s1. The number of hydrogen-bond acceptors (Lipinski definition) is 6. The molecule has 9 nitrogen and oxygen atoms in total. The number of para-hydroxylation sites is 1. The monoisotopic (exact) mass is 517 g/mol. The van der Waals surface area contributed by atoms with E-state index in [1.165, 1.54) is 0 Å². The lowest BCUT2D eigenvalue weighted by atomic mass is 9.99. The number of likely N-dealkylation sites (N-methyl/N-ethyl adjacent to an activating group) is 1.